The molecule has 2 heterocycles. The predicted molar refractivity (Wildman–Crippen MR) is 101 cm³/mol. The molecule has 7 nitrogen and oxygen atoms in total. The molecule has 0 aliphatic rings. The smallest absolute Gasteiger partial charge is 0.274 e. The van der Waals surface area contributed by atoms with Crippen molar-refractivity contribution in [1.82, 2.24) is 14.7 Å². The molecule has 0 saturated carbocycles. The molecule has 27 heavy (non-hydrogen) atoms. The van der Waals surface area contributed by atoms with Crippen LogP contribution in [0.1, 0.15) is 27.9 Å². The third-order valence-corrected chi connectivity index (χ3v) is 4.33. The number of aliphatic hydroxyl groups is 1. The van der Waals surface area contributed by atoms with Crippen LogP contribution in [0.25, 0.3) is 5.65 Å². The topological polar surface area (TPSA) is 104 Å². The van der Waals surface area contributed by atoms with E-state index in [9.17, 15) is 14.7 Å². The van der Waals surface area contributed by atoms with Crippen molar-refractivity contribution in [2.24, 2.45) is 0 Å². The van der Waals surface area contributed by atoms with Crippen molar-refractivity contribution in [1.29, 1.82) is 0 Å². The van der Waals surface area contributed by atoms with Gasteiger partial charge in [-0.1, -0.05) is 29.8 Å². The Hall–Kier alpha value is -2.90. The highest BCUT2D eigenvalue weighted by molar-refractivity contribution is 6.30. The average Bonchev–Trinajstić information content (AvgIpc) is 2.66. The second kappa shape index (κ2) is 8.20. The van der Waals surface area contributed by atoms with E-state index >= 15 is 0 Å². The van der Waals surface area contributed by atoms with Crippen LogP contribution in [-0.2, 0) is 13.0 Å². The van der Waals surface area contributed by atoms with Gasteiger partial charge in [-0.3, -0.25) is 14.0 Å². The second-order valence-corrected chi connectivity index (χ2v) is 6.45. The molecule has 3 N–H and O–H groups in total. The summed E-state index contributed by atoms with van der Waals surface area (Å²) in [5, 5.41) is 22.2. The fraction of sp³-hybridized carbons (Fsp3) is 0.211. The van der Waals surface area contributed by atoms with Gasteiger partial charge in [-0.25, -0.2) is 0 Å². The molecule has 140 valence electrons. The van der Waals surface area contributed by atoms with Crippen molar-refractivity contribution in [3.05, 3.63) is 74.7 Å². The lowest BCUT2D eigenvalue weighted by molar-refractivity contribution is 0.0945. The van der Waals surface area contributed by atoms with Gasteiger partial charge in [0.05, 0.1) is 0 Å². The lowest BCUT2D eigenvalue weighted by atomic mass is 10.1. The van der Waals surface area contributed by atoms with E-state index in [-0.39, 0.29) is 18.8 Å². The molecule has 3 aromatic rings. The summed E-state index contributed by atoms with van der Waals surface area (Å²) >= 11 is 5.83. The first-order valence-electron chi connectivity index (χ1n) is 8.37. The van der Waals surface area contributed by atoms with Gasteiger partial charge < -0.3 is 15.5 Å². The minimum absolute atomic E-state index is 0.0408. The van der Waals surface area contributed by atoms with Crippen LogP contribution in [0, 0.1) is 0 Å². The van der Waals surface area contributed by atoms with Gasteiger partial charge in [0.1, 0.15) is 5.65 Å². The van der Waals surface area contributed by atoms with Crippen molar-refractivity contribution in [3.8, 4) is 5.88 Å². The highest BCUT2D eigenvalue weighted by Crippen LogP contribution is 2.14. The maximum atomic E-state index is 12.7. The third-order valence-electron chi connectivity index (χ3n) is 4.08. The predicted octanol–water partition coefficient (Wildman–Crippen LogP) is 1.91. The first-order chi connectivity index (χ1) is 13.0. The van der Waals surface area contributed by atoms with Gasteiger partial charge in [0, 0.05) is 24.4 Å². The lowest BCUT2D eigenvalue weighted by Gasteiger charge is -2.09. The van der Waals surface area contributed by atoms with Crippen molar-refractivity contribution >= 4 is 23.2 Å². The zero-order chi connectivity index (χ0) is 19.4. The van der Waals surface area contributed by atoms with E-state index in [0.29, 0.717) is 17.9 Å². The minimum atomic E-state index is -0.713. The number of rotatable bonds is 6. The standard InChI is InChI=1S/C19H18ClN3O4/c20-14-6-3-12(4-7-14)10-21-17(25)16-18(26)22-15-8-5-13(2-1-9-24)11-23(15)19(16)27/h3-8,11,24,26H,1-2,9-10H2,(H,21,25). The van der Waals surface area contributed by atoms with E-state index < -0.39 is 22.9 Å². The second-order valence-electron chi connectivity index (χ2n) is 6.02. The molecule has 0 aliphatic heterocycles. The molecule has 8 heteroatoms. The summed E-state index contributed by atoms with van der Waals surface area (Å²) in [7, 11) is 0. The van der Waals surface area contributed by atoms with Crippen LogP contribution in [0.3, 0.4) is 0 Å². The fourth-order valence-electron chi connectivity index (χ4n) is 2.67. The molecular formula is C19H18ClN3O4. The number of benzene rings is 1. The van der Waals surface area contributed by atoms with Crippen LogP contribution in [0.4, 0.5) is 0 Å². The number of carbonyl (C=O) groups excluding carboxylic acids is 1. The van der Waals surface area contributed by atoms with E-state index in [2.05, 4.69) is 10.3 Å². The van der Waals surface area contributed by atoms with Crippen LogP contribution < -0.4 is 10.9 Å². The average molecular weight is 388 g/mol. The highest BCUT2D eigenvalue weighted by atomic mass is 35.5. The summed E-state index contributed by atoms with van der Waals surface area (Å²) in [4.78, 5) is 29.1. The van der Waals surface area contributed by atoms with Gasteiger partial charge in [-0.2, -0.15) is 4.98 Å². The van der Waals surface area contributed by atoms with Gasteiger partial charge >= 0.3 is 0 Å². The molecule has 0 fully saturated rings. The van der Waals surface area contributed by atoms with Crippen LogP contribution >= 0.6 is 11.6 Å². The highest BCUT2D eigenvalue weighted by Gasteiger charge is 2.19. The fourth-order valence-corrected chi connectivity index (χ4v) is 2.80. The van der Waals surface area contributed by atoms with Crippen LogP contribution in [-0.4, -0.2) is 32.1 Å². The summed E-state index contributed by atoms with van der Waals surface area (Å²) in [6.07, 6.45) is 2.70. The molecule has 3 rings (SSSR count). The van der Waals surface area contributed by atoms with Crippen molar-refractivity contribution < 1.29 is 15.0 Å². The molecule has 0 atom stereocenters. The number of nitrogens with zero attached hydrogens (tertiary/aromatic N) is 2. The van der Waals surface area contributed by atoms with E-state index in [1.54, 1.807) is 42.6 Å². The molecule has 0 aliphatic carbocycles. The van der Waals surface area contributed by atoms with Crippen molar-refractivity contribution in [3.63, 3.8) is 0 Å². The quantitative estimate of drug-likeness (QED) is 0.599. The number of pyridine rings is 1. The van der Waals surface area contributed by atoms with Gasteiger partial charge in [0.15, 0.2) is 5.56 Å². The van der Waals surface area contributed by atoms with Crippen LogP contribution in [0.2, 0.25) is 5.02 Å². The first-order valence-corrected chi connectivity index (χ1v) is 8.75. The number of aryl methyl sites for hydroxylation is 1. The summed E-state index contributed by atoms with van der Waals surface area (Å²) in [6, 6.07) is 10.2. The number of fused-ring (bicyclic) bond motifs is 1. The largest absolute Gasteiger partial charge is 0.493 e. The number of aromatic nitrogens is 2. The lowest BCUT2D eigenvalue weighted by Crippen LogP contribution is -2.31. The number of aliphatic hydroxyl groups excluding tert-OH is 1. The first kappa shape index (κ1) is 18.9. The number of halogens is 1. The summed E-state index contributed by atoms with van der Waals surface area (Å²) in [5.74, 6) is -1.33. The number of hydrogen-bond donors (Lipinski definition) is 3. The SMILES string of the molecule is O=C(NCc1ccc(Cl)cc1)c1c(O)nc2ccc(CCCO)cn2c1=O. The number of hydrogen-bond acceptors (Lipinski definition) is 5. The maximum absolute atomic E-state index is 12.7. The zero-order valence-corrected chi connectivity index (χ0v) is 15.1. The number of amides is 1. The number of nitrogens with one attached hydrogen (secondary N) is 1. The maximum Gasteiger partial charge on any atom is 0.274 e. The van der Waals surface area contributed by atoms with Gasteiger partial charge in [-0.05, 0) is 42.2 Å². The summed E-state index contributed by atoms with van der Waals surface area (Å²) in [5.41, 5.74) is 0.781. The van der Waals surface area contributed by atoms with E-state index in [0.717, 1.165) is 11.1 Å². The molecule has 0 bridgehead atoms. The molecule has 1 amide bonds. The Morgan fingerprint density at radius 1 is 1.15 bits per heavy atom. The molecule has 0 unspecified atom stereocenters. The molecular weight excluding hydrogens is 370 g/mol. The van der Waals surface area contributed by atoms with Gasteiger partial charge in [0.25, 0.3) is 11.5 Å². The molecule has 0 radical (unpaired) electrons. The van der Waals surface area contributed by atoms with Gasteiger partial charge in [-0.15, -0.1) is 0 Å². The Labute approximate surface area is 159 Å². The van der Waals surface area contributed by atoms with Crippen molar-refractivity contribution in [2.75, 3.05) is 6.61 Å². The van der Waals surface area contributed by atoms with Crippen LogP contribution in [0.15, 0.2) is 47.4 Å². The third kappa shape index (κ3) is 4.27. The van der Waals surface area contributed by atoms with Gasteiger partial charge in [0.2, 0.25) is 5.88 Å². The Bertz CT molecular complexity index is 1030. The Morgan fingerprint density at radius 3 is 2.56 bits per heavy atom. The van der Waals surface area contributed by atoms with Crippen molar-refractivity contribution in [2.45, 2.75) is 19.4 Å². The summed E-state index contributed by atoms with van der Waals surface area (Å²) in [6.45, 7) is 0.216. The van der Waals surface area contributed by atoms with E-state index in [1.807, 2.05) is 0 Å². The number of aromatic hydroxyl groups is 1. The number of carbonyl (C=O) groups is 1. The normalized spacial score (nSPS) is 10.9. The Balaban J connectivity index is 1.88. The molecule has 1 aromatic carbocycles. The molecule has 0 saturated heterocycles. The molecule has 2 aromatic heterocycles. The van der Waals surface area contributed by atoms with Crippen LogP contribution in [0.5, 0.6) is 5.88 Å². The minimum Gasteiger partial charge on any atom is -0.493 e. The van der Waals surface area contributed by atoms with E-state index in [4.69, 9.17) is 16.7 Å². The zero-order valence-electron chi connectivity index (χ0n) is 14.4. The Kier molecular flexibility index (Phi) is 5.73. The summed E-state index contributed by atoms with van der Waals surface area (Å²) < 4.78 is 1.23. The monoisotopic (exact) mass is 387 g/mol. The van der Waals surface area contributed by atoms with E-state index in [1.165, 1.54) is 4.40 Å². The molecule has 0 spiro atoms. The Morgan fingerprint density at radius 2 is 1.85 bits per heavy atom.